The molecule has 1 amide bonds. The van der Waals surface area contributed by atoms with Crippen LogP contribution in [0.5, 0.6) is 0 Å². The van der Waals surface area contributed by atoms with Gasteiger partial charge in [0.2, 0.25) is 5.91 Å². The first-order chi connectivity index (χ1) is 13.5. The van der Waals surface area contributed by atoms with Crippen LogP contribution in [0.25, 0.3) is 0 Å². The third-order valence-corrected chi connectivity index (χ3v) is 6.60. The number of hydrogen-bond acceptors (Lipinski definition) is 4. The van der Waals surface area contributed by atoms with E-state index in [0.717, 1.165) is 64.0 Å². The molecule has 0 unspecified atom stereocenters. The number of aromatic carboxylic acids is 1. The quantitative estimate of drug-likeness (QED) is 0.862. The minimum Gasteiger partial charge on any atom is -0.478 e. The average molecular weight is 386 g/mol. The maximum Gasteiger partial charge on any atom is 0.335 e. The summed E-state index contributed by atoms with van der Waals surface area (Å²) in [5.74, 6) is -0.288. The molecule has 0 aromatic heterocycles. The van der Waals surface area contributed by atoms with Gasteiger partial charge in [-0.1, -0.05) is 25.0 Å². The lowest BCUT2D eigenvalue weighted by atomic mass is 9.88. The lowest BCUT2D eigenvalue weighted by Gasteiger charge is -2.47. The number of likely N-dealkylation sites (tertiary alicyclic amines) is 1. The maximum atomic E-state index is 12.7. The van der Waals surface area contributed by atoms with Gasteiger partial charge < -0.3 is 14.7 Å². The molecular formula is C22H30N2O4. The molecule has 4 rings (SSSR count). The minimum atomic E-state index is -0.889. The van der Waals surface area contributed by atoms with E-state index in [1.807, 2.05) is 12.1 Å². The van der Waals surface area contributed by atoms with E-state index in [9.17, 15) is 14.7 Å². The van der Waals surface area contributed by atoms with Crippen molar-refractivity contribution in [3.63, 3.8) is 0 Å². The van der Waals surface area contributed by atoms with Crippen LogP contribution in [0, 0.1) is 5.92 Å². The number of carbonyl (C=O) groups is 2. The number of hydrogen-bond donors (Lipinski definition) is 1. The number of rotatable bonds is 4. The predicted octanol–water partition coefficient (Wildman–Crippen LogP) is 2.77. The molecule has 152 valence electrons. The highest BCUT2D eigenvalue weighted by molar-refractivity contribution is 5.87. The first-order valence-electron chi connectivity index (χ1n) is 10.5. The smallest absolute Gasteiger partial charge is 0.335 e. The molecule has 0 bridgehead atoms. The summed E-state index contributed by atoms with van der Waals surface area (Å²) in [6.07, 6.45) is 6.26. The molecule has 3 fully saturated rings. The fourth-order valence-electron chi connectivity index (χ4n) is 4.99. The number of ether oxygens (including phenoxy) is 1. The molecule has 6 nitrogen and oxygen atoms in total. The van der Waals surface area contributed by atoms with Gasteiger partial charge in [-0.25, -0.2) is 4.79 Å². The molecule has 2 aliphatic heterocycles. The zero-order valence-corrected chi connectivity index (χ0v) is 16.4. The van der Waals surface area contributed by atoms with Crippen molar-refractivity contribution in [3.8, 4) is 0 Å². The van der Waals surface area contributed by atoms with Crippen LogP contribution < -0.4 is 0 Å². The van der Waals surface area contributed by atoms with Crippen molar-refractivity contribution >= 4 is 11.9 Å². The molecule has 6 heteroatoms. The summed E-state index contributed by atoms with van der Waals surface area (Å²) < 4.78 is 6.22. The Morgan fingerprint density at radius 2 is 1.89 bits per heavy atom. The van der Waals surface area contributed by atoms with Crippen LogP contribution in [0.15, 0.2) is 24.3 Å². The Hall–Kier alpha value is -1.92. The fourth-order valence-corrected chi connectivity index (χ4v) is 4.99. The van der Waals surface area contributed by atoms with Crippen LogP contribution in [0.4, 0.5) is 0 Å². The number of nitrogens with zero attached hydrogens (tertiary/aromatic N) is 2. The Labute approximate surface area is 166 Å². The van der Waals surface area contributed by atoms with Crippen LogP contribution >= 0.6 is 0 Å². The van der Waals surface area contributed by atoms with Crippen molar-refractivity contribution < 1.29 is 19.4 Å². The van der Waals surface area contributed by atoms with Gasteiger partial charge in [0, 0.05) is 38.6 Å². The maximum absolute atomic E-state index is 12.7. The number of piperidine rings is 1. The van der Waals surface area contributed by atoms with Gasteiger partial charge in [0.1, 0.15) is 0 Å². The summed E-state index contributed by atoms with van der Waals surface area (Å²) in [7, 11) is 0. The van der Waals surface area contributed by atoms with E-state index in [1.165, 1.54) is 12.8 Å². The molecule has 1 aliphatic carbocycles. The van der Waals surface area contributed by atoms with E-state index in [1.54, 1.807) is 12.1 Å². The molecule has 1 saturated carbocycles. The molecule has 1 aromatic rings. The van der Waals surface area contributed by atoms with E-state index >= 15 is 0 Å². The SMILES string of the molecule is O=C(O)c1cccc(CN2CCOC3(CCN(C(=O)C4CCCC4)CC3)C2)c1. The Morgan fingerprint density at radius 1 is 1.14 bits per heavy atom. The second-order valence-corrected chi connectivity index (χ2v) is 8.55. The third kappa shape index (κ3) is 4.23. The first-order valence-corrected chi connectivity index (χ1v) is 10.5. The molecule has 0 atom stereocenters. The monoisotopic (exact) mass is 386 g/mol. The van der Waals surface area contributed by atoms with Gasteiger partial charge in [-0.2, -0.15) is 0 Å². The summed E-state index contributed by atoms with van der Waals surface area (Å²) in [6.45, 7) is 4.70. The molecule has 1 N–H and O–H groups in total. The number of carboxylic acid groups (broad SMARTS) is 1. The Kier molecular flexibility index (Phi) is 5.69. The van der Waals surface area contributed by atoms with Crippen molar-refractivity contribution in [3.05, 3.63) is 35.4 Å². The number of carboxylic acids is 1. The third-order valence-electron chi connectivity index (χ3n) is 6.60. The van der Waals surface area contributed by atoms with E-state index in [2.05, 4.69) is 9.80 Å². The van der Waals surface area contributed by atoms with Crippen molar-refractivity contribution in [2.75, 3.05) is 32.8 Å². The zero-order chi connectivity index (χ0) is 19.6. The summed E-state index contributed by atoms with van der Waals surface area (Å²) in [4.78, 5) is 28.3. The van der Waals surface area contributed by atoms with Gasteiger partial charge in [-0.05, 0) is 43.4 Å². The van der Waals surface area contributed by atoms with Crippen molar-refractivity contribution in [1.29, 1.82) is 0 Å². The number of benzene rings is 1. The molecular weight excluding hydrogens is 356 g/mol. The second-order valence-electron chi connectivity index (χ2n) is 8.55. The summed E-state index contributed by atoms with van der Waals surface area (Å²) in [6, 6.07) is 7.18. The van der Waals surface area contributed by atoms with Crippen LogP contribution in [0.1, 0.15) is 54.4 Å². The van der Waals surface area contributed by atoms with Gasteiger partial charge in [-0.3, -0.25) is 9.69 Å². The Bertz CT molecular complexity index is 721. The second kappa shape index (κ2) is 8.21. The van der Waals surface area contributed by atoms with Gasteiger partial charge in [0.25, 0.3) is 0 Å². The van der Waals surface area contributed by atoms with E-state index in [0.29, 0.717) is 18.1 Å². The molecule has 28 heavy (non-hydrogen) atoms. The van der Waals surface area contributed by atoms with Crippen molar-refractivity contribution in [2.24, 2.45) is 5.92 Å². The van der Waals surface area contributed by atoms with Crippen LogP contribution in [-0.2, 0) is 16.1 Å². The van der Waals surface area contributed by atoms with Crippen molar-refractivity contribution in [2.45, 2.75) is 50.7 Å². The van der Waals surface area contributed by atoms with Crippen LogP contribution in [-0.4, -0.2) is 65.2 Å². The molecule has 2 saturated heterocycles. The largest absolute Gasteiger partial charge is 0.478 e. The highest BCUT2D eigenvalue weighted by Gasteiger charge is 2.41. The van der Waals surface area contributed by atoms with Gasteiger partial charge in [0.05, 0.1) is 17.8 Å². The number of carbonyl (C=O) groups excluding carboxylic acids is 1. The van der Waals surface area contributed by atoms with E-state index in [-0.39, 0.29) is 11.5 Å². The fraction of sp³-hybridized carbons (Fsp3) is 0.636. The normalized spacial score (nSPS) is 23.2. The van der Waals surface area contributed by atoms with Gasteiger partial charge in [0.15, 0.2) is 0 Å². The highest BCUT2D eigenvalue weighted by Crippen LogP contribution is 2.33. The number of amides is 1. The zero-order valence-electron chi connectivity index (χ0n) is 16.4. The van der Waals surface area contributed by atoms with Crippen molar-refractivity contribution in [1.82, 2.24) is 9.80 Å². The van der Waals surface area contributed by atoms with E-state index < -0.39 is 5.97 Å². The minimum absolute atomic E-state index is 0.172. The lowest BCUT2D eigenvalue weighted by Crippen LogP contribution is -2.57. The lowest BCUT2D eigenvalue weighted by molar-refractivity contribution is -0.153. The first kappa shape index (κ1) is 19.4. The Morgan fingerprint density at radius 3 is 2.61 bits per heavy atom. The number of morpholine rings is 1. The predicted molar refractivity (Wildman–Crippen MR) is 105 cm³/mol. The van der Waals surface area contributed by atoms with Crippen LogP contribution in [0.2, 0.25) is 0 Å². The van der Waals surface area contributed by atoms with Gasteiger partial charge in [-0.15, -0.1) is 0 Å². The standard InChI is InChI=1S/C22H30N2O4/c25-20(18-5-1-2-6-18)24-10-8-22(9-11-24)16-23(12-13-28-22)15-17-4-3-7-19(14-17)21(26)27/h3-4,7,14,18H,1-2,5-6,8-13,15-16H2,(H,26,27). The molecule has 2 heterocycles. The highest BCUT2D eigenvalue weighted by atomic mass is 16.5. The van der Waals surface area contributed by atoms with Crippen LogP contribution in [0.3, 0.4) is 0 Å². The van der Waals surface area contributed by atoms with Gasteiger partial charge >= 0.3 is 5.97 Å². The summed E-state index contributed by atoms with van der Waals surface area (Å²) >= 11 is 0. The average Bonchev–Trinajstić information content (AvgIpc) is 3.23. The summed E-state index contributed by atoms with van der Waals surface area (Å²) in [5, 5.41) is 9.20. The van der Waals surface area contributed by atoms with E-state index in [4.69, 9.17) is 4.74 Å². The molecule has 0 radical (unpaired) electrons. The molecule has 1 spiro atoms. The summed E-state index contributed by atoms with van der Waals surface area (Å²) in [5.41, 5.74) is 1.18. The Balaban J connectivity index is 1.34. The molecule has 3 aliphatic rings. The topological polar surface area (TPSA) is 70.1 Å². The molecule has 1 aromatic carbocycles.